The Bertz CT molecular complexity index is 414. The zero-order valence-electron chi connectivity index (χ0n) is 9.89. The molecule has 0 bridgehead atoms. The molecule has 0 radical (unpaired) electrons. The van der Waals surface area contributed by atoms with Gasteiger partial charge in [-0.1, -0.05) is 0 Å². The van der Waals surface area contributed by atoms with Gasteiger partial charge >= 0.3 is 0 Å². The maximum absolute atomic E-state index is 11.3. The maximum atomic E-state index is 11.3. The SMILES string of the molecule is CC(=O)N1CCCN(c2ccc(C=O)o2)CC1. The second-order valence-electron chi connectivity index (χ2n) is 4.14. The zero-order valence-corrected chi connectivity index (χ0v) is 9.89. The van der Waals surface area contributed by atoms with Crippen LogP contribution in [-0.4, -0.2) is 43.3 Å². The maximum Gasteiger partial charge on any atom is 0.219 e. The summed E-state index contributed by atoms with van der Waals surface area (Å²) in [7, 11) is 0. The molecule has 1 fully saturated rings. The summed E-state index contributed by atoms with van der Waals surface area (Å²) in [5.41, 5.74) is 0. The highest BCUT2D eigenvalue weighted by Crippen LogP contribution is 2.19. The van der Waals surface area contributed by atoms with Gasteiger partial charge in [-0.15, -0.1) is 0 Å². The highest BCUT2D eigenvalue weighted by Gasteiger charge is 2.18. The van der Waals surface area contributed by atoms with Gasteiger partial charge < -0.3 is 14.2 Å². The van der Waals surface area contributed by atoms with Gasteiger partial charge in [0, 0.05) is 39.2 Å². The summed E-state index contributed by atoms with van der Waals surface area (Å²) in [5, 5.41) is 0. The fourth-order valence-electron chi connectivity index (χ4n) is 2.03. The molecule has 0 aromatic carbocycles. The topological polar surface area (TPSA) is 53.8 Å². The van der Waals surface area contributed by atoms with Crippen molar-refractivity contribution in [2.24, 2.45) is 0 Å². The van der Waals surface area contributed by atoms with Crippen molar-refractivity contribution in [2.45, 2.75) is 13.3 Å². The summed E-state index contributed by atoms with van der Waals surface area (Å²) in [4.78, 5) is 25.7. The van der Waals surface area contributed by atoms with Gasteiger partial charge in [-0.2, -0.15) is 0 Å². The summed E-state index contributed by atoms with van der Waals surface area (Å²) in [6, 6.07) is 3.46. The van der Waals surface area contributed by atoms with Gasteiger partial charge in [-0.3, -0.25) is 9.59 Å². The van der Waals surface area contributed by atoms with Crippen molar-refractivity contribution in [1.82, 2.24) is 4.90 Å². The molecule has 1 aromatic heterocycles. The number of hydrogen-bond acceptors (Lipinski definition) is 4. The van der Waals surface area contributed by atoms with E-state index >= 15 is 0 Å². The third kappa shape index (κ3) is 2.67. The Morgan fingerprint density at radius 1 is 1.29 bits per heavy atom. The first kappa shape index (κ1) is 11.7. The van der Waals surface area contributed by atoms with Crippen LogP contribution in [-0.2, 0) is 4.79 Å². The third-order valence-corrected chi connectivity index (χ3v) is 2.98. The van der Waals surface area contributed by atoms with Crippen molar-refractivity contribution in [3.8, 4) is 0 Å². The summed E-state index contributed by atoms with van der Waals surface area (Å²) in [5.74, 6) is 1.16. The van der Waals surface area contributed by atoms with Gasteiger partial charge in [0.15, 0.2) is 17.9 Å². The monoisotopic (exact) mass is 236 g/mol. The van der Waals surface area contributed by atoms with Crippen molar-refractivity contribution < 1.29 is 14.0 Å². The number of rotatable bonds is 2. The molecule has 1 saturated heterocycles. The van der Waals surface area contributed by atoms with Gasteiger partial charge in [-0.05, 0) is 12.5 Å². The number of aldehydes is 1. The number of nitrogens with zero attached hydrogens (tertiary/aromatic N) is 2. The van der Waals surface area contributed by atoms with E-state index in [0.717, 1.165) is 26.1 Å². The molecule has 1 aliphatic heterocycles. The number of hydrogen-bond donors (Lipinski definition) is 0. The molecule has 0 spiro atoms. The summed E-state index contributed by atoms with van der Waals surface area (Å²) in [6.07, 6.45) is 1.61. The first-order chi connectivity index (χ1) is 8.20. The first-order valence-electron chi connectivity index (χ1n) is 5.76. The van der Waals surface area contributed by atoms with Crippen LogP contribution in [0.5, 0.6) is 0 Å². The van der Waals surface area contributed by atoms with Crippen LogP contribution in [0.4, 0.5) is 5.88 Å². The average Bonchev–Trinajstić information content (AvgIpc) is 2.65. The van der Waals surface area contributed by atoms with Crippen LogP contribution < -0.4 is 4.90 Å². The van der Waals surface area contributed by atoms with Crippen LogP contribution in [0.15, 0.2) is 16.5 Å². The molecule has 1 amide bonds. The lowest BCUT2D eigenvalue weighted by Crippen LogP contribution is -2.33. The van der Waals surface area contributed by atoms with Gasteiger partial charge in [0.2, 0.25) is 5.91 Å². The van der Waals surface area contributed by atoms with E-state index in [1.54, 1.807) is 19.1 Å². The van der Waals surface area contributed by atoms with Gasteiger partial charge in [0.25, 0.3) is 0 Å². The number of furan rings is 1. The Labute approximate surface area is 100.0 Å². The number of anilines is 1. The molecule has 2 heterocycles. The van der Waals surface area contributed by atoms with E-state index in [2.05, 4.69) is 4.90 Å². The molecular formula is C12H16N2O3. The summed E-state index contributed by atoms with van der Waals surface area (Å²) in [6.45, 7) is 4.66. The van der Waals surface area contributed by atoms with E-state index in [9.17, 15) is 9.59 Å². The Hall–Kier alpha value is -1.78. The predicted molar refractivity (Wildman–Crippen MR) is 63.2 cm³/mol. The van der Waals surface area contributed by atoms with E-state index in [4.69, 9.17) is 4.42 Å². The Morgan fingerprint density at radius 3 is 2.76 bits per heavy atom. The fourth-order valence-corrected chi connectivity index (χ4v) is 2.03. The quantitative estimate of drug-likeness (QED) is 0.723. The largest absolute Gasteiger partial charge is 0.438 e. The lowest BCUT2D eigenvalue weighted by atomic mass is 10.4. The van der Waals surface area contributed by atoms with E-state index in [1.807, 2.05) is 4.90 Å². The minimum atomic E-state index is 0.111. The lowest BCUT2D eigenvalue weighted by Gasteiger charge is -2.20. The molecule has 0 N–H and O–H groups in total. The van der Waals surface area contributed by atoms with Crippen molar-refractivity contribution in [3.05, 3.63) is 17.9 Å². The van der Waals surface area contributed by atoms with E-state index in [0.29, 0.717) is 24.5 Å². The smallest absolute Gasteiger partial charge is 0.219 e. The Morgan fingerprint density at radius 2 is 2.12 bits per heavy atom. The second kappa shape index (κ2) is 5.03. The number of carbonyl (C=O) groups is 2. The van der Waals surface area contributed by atoms with Crippen molar-refractivity contribution in [3.63, 3.8) is 0 Å². The molecule has 2 rings (SSSR count). The first-order valence-corrected chi connectivity index (χ1v) is 5.76. The zero-order chi connectivity index (χ0) is 12.3. The van der Waals surface area contributed by atoms with Crippen molar-refractivity contribution in [1.29, 1.82) is 0 Å². The second-order valence-corrected chi connectivity index (χ2v) is 4.14. The molecule has 0 atom stereocenters. The van der Waals surface area contributed by atoms with E-state index in [1.165, 1.54) is 0 Å². The van der Waals surface area contributed by atoms with Crippen LogP contribution in [0, 0.1) is 0 Å². The highest BCUT2D eigenvalue weighted by atomic mass is 16.4. The molecule has 92 valence electrons. The minimum Gasteiger partial charge on any atom is -0.438 e. The molecule has 1 aromatic rings. The minimum absolute atomic E-state index is 0.111. The fraction of sp³-hybridized carbons (Fsp3) is 0.500. The molecule has 0 aliphatic carbocycles. The summed E-state index contributed by atoms with van der Waals surface area (Å²) < 4.78 is 5.38. The molecule has 1 aliphatic rings. The average molecular weight is 236 g/mol. The van der Waals surface area contributed by atoms with Crippen LogP contribution in [0.25, 0.3) is 0 Å². The normalized spacial score (nSPS) is 16.8. The van der Waals surface area contributed by atoms with Crippen LogP contribution in [0.3, 0.4) is 0 Å². The van der Waals surface area contributed by atoms with Crippen LogP contribution in [0.2, 0.25) is 0 Å². The lowest BCUT2D eigenvalue weighted by molar-refractivity contribution is -0.128. The molecule has 17 heavy (non-hydrogen) atoms. The Balaban J connectivity index is 2.03. The number of amides is 1. The van der Waals surface area contributed by atoms with Crippen LogP contribution >= 0.6 is 0 Å². The predicted octanol–water partition coefficient (Wildman–Crippen LogP) is 1.15. The van der Waals surface area contributed by atoms with Crippen LogP contribution in [0.1, 0.15) is 23.9 Å². The molecule has 5 heteroatoms. The standard InChI is InChI=1S/C12H16N2O3/c1-10(16)13-5-2-6-14(8-7-13)12-4-3-11(9-15)17-12/h3-4,9H,2,5-8H2,1H3. The molecule has 0 unspecified atom stereocenters. The van der Waals surface area contributed by atoms with Crippen molar-refractivity contribution in [2.75, 3.05) is 31.1 Å². The molecule has 0 saturated carbocycles. The highest BCUT2D eigenvalue weighted by molar-refractivity contribution is 5.73. The Kier molecular flexibility index (Phi) is 3.46. The van der Waals surface area contributed by atoms with Gasteiger partial charge in [-0.25, -0.2) is 0 Å². The number of carbonyl (C=O) groups excluding carboxylic acids is 2. The molecular weight excluding hydrogens is 220 g/mol. The van der Waals surface area contributed by atoms with E-state index < -0.39 is 0 Å². The van der Waals surface area contributed by atoms with Gasteiger partial charge in [0.05, 0.1) is 0 Å². The third-order valence-electron chi connectivity index (χ3n) is 2.98. The molecule has 5 nitrogen and oxygen atoms in total. The summed E-state index contributed by atoms with van der Waals surface area (Å²) >= 11 is 0. The van der Waals surface area contributed by atoms with Crippen molar-refractivity contribution >= 4 is 18.1 Å². The van der Waals surface area contributed by atoms with Gasteiger partial charge in [0.1, 0.15) is 0 Å². The van der Waals surface area contributed by atoms with E-state index in [-0.39, 0.29) is 5.91 Å².